The Morgan fingerprint density at radius 3 is 2.16 bits per heavy atom. The molecule has 0 spiro atoms. The SMILES string of the molecule is COc1cccc([C@H]2CC(=O)NC3=C2C(=O)C[C@H](c2cc(OC)c(OC)c(OC)c2)C3)c1. The Kier molecular flexibility index (Phi) is 6.08. The lowest BCUT2D eigenvalue weighted by Gasteiger charge is -2.34. The van der Waals surface area contributed by atoms with Crippen LogP contribution < -0.4 is 24.3 Å². The van der Waals surface area contributed by atoms with Crippen LogP contribution in [0.3, 0.4) is 0 Å². The van der Waals surface area contributed by atoms with Crippen LogP contribution in [0.15, 0.2) is 47.7 Å². The van der Waals surface area contributed by atoms with E-state index in [2.05, 4.69) is 5.32 Å². The second-order valence-corrected chi connectivity index (χ2v) is 7.96. The van der Waals surface area contributed by atoms with Gasteiger partial charge in [-0.25, -0.2) is 0 Å². The molecule has 0 saturated heterocycles. The van der Waals surface area contributed by atoms with Gasteiger partial charge < -0.3 is 24.3 Å². The largest absolute Gasteiger partial charge is 0.497 e. The van der Waals surface area contributed by atoms with Crippen molar-refractivity contribution in [1.29, 1.82) is 0 Å². The summed E-state index contributed by atoms with van der Waals surface area (Å²) in [5.74, 6) is 1.85. The van der Waals surface area contributed by atoms with Gasteiger partial charge in [0.2, 0.25) is 11.7 Å². The summed E-state index contributed by atoms with van der Waals surface area (Å²) in [5, 5.41) is 2.96. The summed E-state index contributed by atoms with van der Waals surface area (Å²) < 4.78 is 21.7. The van der Waals surface area contributed by atoms with E-state index < -0.39 is 0 Å². The molecule has 168 valence electrons. The number of allylic oxidation sites excluding steroid dienone is 2. The number of rotatable bonds is 6. The maximum atomic E-state index is 13.4. The molecular formula is C25H27NO6. The average molecular weight is 437 g/mol. The molecule has 0 aromatic heterocycles. The molecule has 0 bridgehead atoms. The highest BCUT2D eigenvalue weighted by Gasteiger charge is 2.38. The van der Waals surface area contributed by atoms with Gasteiger partial charge in [-0.15, -0.1) is 0 Å². The summed E-state index contributed by atoms with van der Waals surface area (Å²) in [6.07, 6.45) is 1.13. The van der Waals surface area contributed by atoms with Gasteiger partial charge in [0.25, 0.3) is 0 Å². The number of nitrogens with one attached hydrogen (secondary N) is 1. The van der Waals surface area contributed by atoms with Crippen molar-refractivity contribution in [2.24, 2.45) is 0 Å². The van der Waals surface area contributed by atoms with Gasteiger partial charge in [-0.1, -0.05) is 12.1 Å². The molecule has 0 saturated carbocycles. The molecule has 2 atom stereocenters. The fraction of sp³-hybridized carbons (Fsp3) is 0.360. The van der Waals surface area contributed by atoms with Gasteiger partial charge in [-0.05, 0) is 47.7 Å². The number of carbonyl (C=O) groups excluding carboxylic acids is 2. The van der Waals surface area contributed by atoms with Crippen molar-refractivity contribution in [2.75, 3.05) is 28.4 Å². The number of Topliss-reactive ketones (excluding diaryl/α,β-unsaturated/α-hetero) is 1. The predicted molar refractivity (Wildman–Crippen MR) is 119 cm³/mol. The van der Waals surface area contributed by atoms with E-state index in [-0.39, 0.29) is 29.9 Å². The minimum atomic E-state index is -0.276. The van der Waals surface area contributed by atoms with Crippen LogP contribution in [0.5, 0.6) is 23.0 Å². The van der Waals surface area contributed by atoms with Crippen molar-refractivity contribution in [3.63, 3.8) is 0 Å². The summed E-state index contributed by atoms with van der Waals surface area (Å²) >= 11 is 0. The molecule has 2 aromatic carbocycles. The van der Waals surface area contributed by atoms with Gasteiger partial charge in [-0.2, -0.15) is 0 Å². The molecule has 2 aliphatic rings. The normalized spacial score (nSPS) is 20.4. The lowest BCUT2D eigenvalue weighted by molar-refractivity contribution is -0.122. The standard InChI is InChI=1S/C25H27NO6/c1-29-17-7-5-6-14(8-17)18-13-23(28)26-19-9-15(10-20(27)24(18)19)16-11-21(30-2)25(32-4)22(12-16)31-3/h5-8,11-12,15,18H,9-10,13H2,1-4H3,(H,26,28)/t15-,18-/m1/s1. The third-order valence-electron chi connectivity index (χ3n) is 6.19. The third kappa shape index (κ3) is 3.90. The van der Waals surface area contributed by atoms with Crippen molar-refractivity contribution < 1.29 is 28.5 Å². The molecule has 0 unspecified atom stereocenters. The Morgan fingerprint density at radius 1 is 0.812 bits per heavy atom. The van der Waals surface area contributed by atoms with Crippen LogP contribution in [0.1, 0.15) is 42.2 Å². The minimum absolute atomic E-state index is 0.0396. The molecule has 7 heteroatoms. The Morgan fingerprint density at radius 2 is 1.53 bits per heavy atom. The van der Waals surface area contributed by atoms with Crippen LogP contribution in [-0.2, 0) is 9.59 Å². The summed E-state index contributed by atoms with van der Waals surface area (Å²) in [6, 6.07) is 11.3. The number of benzene rings is 2. The number of ether oxygens (including phenoxy) is 4. The molecule has 2 aromatic rings. The van der Waals surface area contributed by atoms with Gasteiger partial charge in [0, 0.05) is 30.0 Å². The number of ketones is 1. The van der Waals surface area contributed by atoms with Crippen molar-refractivity contribution in [3.05, 3.63) is 58.8 Å². The van der Waals surface area contributed by atoms with Crippen LogP contribution in [0.2, 0.25) is 0 Å². The molecule has 1 N–H and O–H groups in total. The van der Waals surface area contributed by atoms with E-state index in [0.29, 0.717) is 47.1 Å². The monoisotopic (exact) mass is 437 g/mol. The van der Waals surface area contributed by atoms with Gasteiger partial charge in [0.05, 0.1) is 28.4 Å². The highest BCUT2D eigenvalue weighted by atomic mass is 16.5. The van der Waals surface area contributed by atoms with E-state index in [0.717, 1.165) is 11.1 Å². The second kappa shape index (κ2) is 8.94. The van der Waals surface area contributed by atoms with Crippen molar-refractivity contribution in [2.45, 2.75) is 31.1 Å². The molecule has 0 fully saturated rings. The van der Waals surface area contributed by atoms with E-state index >= 15 is 0 Å². The average Bonchev–Trinajstić information content (AvgIpc) is 2.82. The zero-order valence-corrected chi connectivity index (χ0v) is 18.7. The first-order chi connectivity index (χ1) is 15.5. The molecule has 1 aliphatic heterocycles. The zero-order chi connectivity index (χ0) is 22.8. The molecule has 1 aliphatic carbocycles. The van der Waals surface area contributed by atoms with E-state index in [1.165, 1.54) is 0 Å². The van der Waals surface area contributed by atoms with Crippen molar-refractivity contribution in [3.8, 4) is 23.0 Å². The molecule has 1 heterocycles. The number of amides is 1. The van der Waals surface area contributed by atoms with Gasteiger partial charge in [0.15, 0.2) is 17.3 Å². The van der Waals surface area contributed by atoms with Crippen LogP contribution in [0, 0.1) is 0 Å². The zero-order valence-electron chi connectivity index (χ0n) is 18.7. The summed E-state index contributed by atoms with van der Waals surface area (Å²) in [7, 11) is 6.28. The van der Waals surface area contributed by atoms with E-state index in [4.69, 9.17) is 18.9 Å². The molecule has 7 nitrogen and oxygen atoms in total. The first-order valence-electron chi connectivity index (χ1n) is 10.5. The quantitative estimate of drug-likeness (QED) is 0.742. The maximum absolute atomic E-state index is 13.4. The Hall–Kier alpha value is -3.48. The van der Waals surface area contributed by atoms with Crippen LogP contribution in [0.4, 0.5) is 0 Å². The van der Waals surface area contributed by atoms with Crippen LogP contribution in [0.25, 0.3) is 0 Å². The fourth-order valence-corrected chi connectivity index (χ4v) is 4.68. The number of hydrogen-bond donors (Lipinski definition) is 1. The lowest BCUT2D eigenvalue weighted by Crippen LogP contribution is -2.38. The molecular weight excluding hydrogens is 410 g/mol. The van der Waals surface area contributed by atoms with Crippen molar-refractivity contribution >= 4 is 11.7 Å². The van der Waals surface area contributed by atoms with E-state index in [1.54, 1.807) is 28.4 Å². The Bertz CT molecular complexity index is 1060. The molecule has 0 radical (unpaired) electrons. The number of hydrogen-bond acceptors (Lipinski definition) is 6. The number of carbonyl (C=O) groups is 2. The van der Waals surface area contributed by atoms with Crippen LogP contribution in [-0.4, -0.2) is 40.1 Å². The molecule has 4 rings (SSSR count). The molecule has 32 heavy (non-hydrogen) atoms. The van der Waals surface area contributed by atoms with Crippen molar-refractivity contribution in [1.82, 2.24) is 5.32 Å². The first-order valence-corrected chi connectivity index (χ1v) is 10.5. The van der Waals surface area contributed by atoms with Gasteiger partial charge in [0.1, 0.15) is 5.75 Å². The Balaban J connectivity index is 1.72. The summed E-state index contributed by atoms with van der Waals surface area (Å²) in [5.41, 5.74) is 3.20. The molecule has 1 amide bonds. The minimum Gasteiger partial charge on any atom is -0.497 e. The predicted octanol–water partition coefficient (Wildman–Crippen LogP) is 3.73. The highest BCUT2D eigenvalue weighted by molar-refractivity contribution is 6.02. The third-order valence-corrected chi connectivity index (χ3v) is 6.19. The topological polar surface area (TPSA) is 83.1 Å². The summed E-state index contributed by atoms with van der Waals surface area (Å²) in [4.78, 5) is 25.9. The lowest BCUT2D eigenvalue weighted by atomic mass is 9.73. The summed E-state index contributed by atoms with van der Waals surface area (Å²) in [6.45, 7) is 0. The first kappa shape index (κ1) is 21.7. The Labute approximate surface area is 187 Å². The maximum Gasteiger partial charge on any atom is 0.225 e. The highest BCUT2D eigenvalue weighted by Crippen LogP contribution is 2.46. The smallest absolute Gasteiger partial charge is 0.225 e. The number of methoxy groups -OCH3 is 4. The van der Waals surface area contributed by atoms with Gasteiger partial charge >= 0.3 is 0 Å². The van der Waals surface area contributed by atoms with Gasteiger partial charge in [-0.3, -0.25) is 9.59 Å². The fourth-order valence-electron chi connectivity index (χ4n) is 4.68. The van der Waals surface area contributed by atoms with E-state index in [1.807, 2.05) is 36.4 Å². The van der Waals surface area contributed by atoms with Crippen LogP contribution >= 0.6 is 0 Å². The second-order valence-electron chi connectivity index (χ2n) is 7.96. The van der Waals surface area contributed by atoms with E-state index in [9.17, 15) is 9.59 Å².